The fraction of sp³-hybridized carbons (Fsp3) is 0.286. The van der Waals surface area contributed by atoms with Crippen LogP contribution in [-0.4, -0.2) is 12.5 Å². The summed E-state index contributed by atoms with van der Waals surface area (Å²) >= 11 is 1.70. The molecule has 1 unspecified atom stereocenters. The molecule has 3 N–H and O–H groups in total. The average molecular weight is 167 g/mol. The summed E-state index contributed by atoms with van der Waals surface area (Å²) in [4.78, 5) is 4.06. The quantitative estimate of drug-likeness (QED) is 0.647. The van der Waals surface area contributed by atoms with Crippen molar-refractivity contribution in [1.29, 1.82) is 0 Å². The lowest BCUT2D eigenvalue weighted by molar-refractivity contribution is 0.710. The van der Waals surface area contributed by atoms with Gasteiger partial charge in [0.15, 0.2) is 5.96 Å². The largest absolute Gasteiger partial charge is 0.370 e. The maximum atomic E-state index is 5.47. The molecule has 1 aromatic heterocycles. The first-order valence-electron chi connectivity index (χ1n) is 3.45. The van der Waals surface area contributed by atoms with Crippen LogP contribution in [0.1, 0.15) is 11.6 Å². The van der Waals surface area contributed by atoms with Crippen LogP contribution in [-0.2, 0) is 0 Å². The van der Waals surface area contributed by atoms with Crippen molar-refractivity contribution in [3.63, 3.8) is 0 Å². The first-order chi connectivity index (χ1) is 5.36. The summed E-state index contributed by atoms with van der Waals surface area (Å²) in [6.45, 7) is 0.766. The van der Waals surface area contributed by atoms with Gasteiger partial charge in [-0.2, -0.15) is 11.3 Å². The lowest BCUT2D eigenvalue weighted by atomic mass is 10.2. The molecule has 1 atom stereocenters. The summed E-state index contributed by atoms with van der Waals surface area (Å²) in [5, 5.41) is 7.27. The number of nitrogens with zero attached hydrogens (tertiary/aromatic N) is 1. The molecular weight excluding hydrogens is 158 g/mol. The monoisotopic (exact) mass is 167 g/mol. The van der Waals surface area contributed by atoms with Crippen LogP contribution in [0.5, 0.6) is 0 Å². The van der Waals surface area contributed by atoms with Crippen molar-refractivity contribution in [3.8, 4) is 0 Å². The van der Waals surface area contributed by atoms with Gasteiger partial charge in [0.1, 0.15) is 0 Å². The van der Waals surface area contributed by atoms with E-state index in [0.29, 0.717) is 12.0 Å². The van der Waals surface area contributed by atoms with E-state index in [0.717, 1.165) is 6.54 Å². The highest BCUT2D eigenvalue weighted by Crippen LogP contribution is 2.18. The van der Waals surface area contributed by atoms with Gasteiger partial charge in [0.2, 0.25) is 0 Å². The van der Waals surface area contributed by atoms with Crippen LogP contribution in [0.4, 0.5) is 0 Å². The Morgan fingerprint density at radius 1 is 1.73 bits per heavy atom. The minimum Gasteiger partial charge on any atom is -0.370 e. The van der Waals surface area contributed by atoms with E-state index in [2.05, 4.69) is 27.1 Å². The molecule has 2 rings (SSSR count). The molecule has 1 aromatic rings. The van der Waals surface area contributed by atoms with Gasteiger partial charge < -0.3 is 11.1 Å². The molecule has 0 spiro atoms. The Balaban J connectivity index is 2.11. The first-order valence-corrected chi connectivity index (χ1v) is 4.39. The Labute approximate surface area is 68.9 Å². The molecule has 0 aliphatic carbocycles. The lowest BCUT2D eigenvalue weighted by Gasteiger charge is -2.06. The highest BCUT2D eigenvalue weighted by Gasteiger charge is 2.16. The molecule has 0 aromatic carbocycles. The number of hydrogen-bond acceptors (Lipinski definition) is 4. The molecule has 2 heterocycles. The van der Waals surface area contributed by atoms with Crippen LogP contribution in [0.2, 0.25) is 0 Å². The van der Waals surface area contributed by atoms with Crippen molar-refractivity contribution in [3.05, 3.63) is 22.4 Å². The SMILES string of the molecule is NC1=NCC(c2ccsc2)N1. The van der Waals surface area contributed by atoms with Gasteiger partial charge in [0, 0.05) is 0 Å². The third-order valence-electron chi connectivity index (χ3n) is 1.71. The van der Waals surface area contributed by atoms with Crippen LogP contribution < -0.4 is 11.1 Å². The van der Waals surface area contributed by atoms with Gasteiger partial charge in [0.25, 0.3) is 0 Å². The number of thiophene rings is 1. The fourth-order valence-electron chi connectivity index (χ4n) is 1.12. The Morgan fingerprint density at radius 3 is 3.18 bits per heavy atom. The van der Waals surface area contributed by atoms with E-state index in [9.17, 15) is 0 Å². The van der Waals surface area contributed by atoms with Gasteiger partial charge >= 0.3 is 0 Å². The minimum absolute atomic E-state index is 0.307. The molecule has 3 nitrogen and oxygen atoms in total. The minimum atomic E-state index is 0.307. The van der Waals surface area contributed by atoms with Gasteiger partial charge in [-0.15, -0.1) is 0 Å². The maximum Gasteiger partial charge on any atom is 0.189 e. The second-order valence-corrected chi connectivity index (χ2v) is 3.26. The summed E-state index contributed by atoms with van der Waals surface area (Å²) < 4.78 is 0. The van der Waals surface area contributed by atoms with E-state index in [1.165, 1.54) is 5.56 Å². The lowest BCUT2D eigenvalue weighted by Crippen LogP contribution is -2.29. The van der Waals surface area contributed by atoms with E-state index in [1.54, 1.807) is 11.3 Å². The zero-order valence-electron chi connectivity index (χ0n) is 5.95. The van der Waals surface area contributed by atoms with Crippen molar-refractivity contribution < 1.29 is 0 Å². The third-order valence-corrected chi connectivity index (χ3v) is 2.41. The summed E-state index contributed by atoms with van der Waals surface area (Å²) in [5.74, 6) is 0.557. The van der Waals surface area contributed by atoms with Crippen LogP contribution in [0.15, 0.2) is 21.8 Å². The molecule has 58 valence electrons. The molecular formula is C7H9N3S. The molecule has 11 heavy (non-hydrogen) atoms. The second kappa shape index (κ2) is 2.54. The molecule has 1 aliphatic heterocycles. The molecule has 1 aliphatic rings. The van der Waals surface area contributed by atoms with Gasteiger partial charge in [-0.25, -0.2) is 0 Å². The molecule has 0 saturated heterocycles. The Kier molecular flexibility index (Phi) is 1.54. The number of rotatable bonds is 1. The Bertz CT molecular complexity index is 265. The van der Waals surface area contributed by atoms with Crippen LogP contribution in [0, 0.1) is 0 Å². The molecule has 4 heteroatoms. The summed E-state index contributed by atoms with van der Waals surface area (Å²) in [6.07, 6.45) is 0. The zero-order chi connectivity index (χ0) is 7.68. The van der Waals surface area contributed by atoms with E-state index in [-0.39, 0.29) is 0 Å². The second-order valence-electron chi connectivity index (χ2n) is 2.48. The summed E-state index contributed by atoms with van der Waals surface area (Å²) in [5.41, 5.74) is 6.75. The van der Waals surface area contributed by atoms with Crippen molar-refractivity contribution in [2.24, 2.45) is 10.7 Å². The molecule has 0 saturated carbocycles. The zero-order valence-corrected chi connectivity index (χ0v) is 6.77. The molecule has 0 amide bonds. The first kappa shape index (κ1) is 6.67. The number of nitrogens with one attached hydrogen (secondary N) is 1. The van der Waals surface area contributed by atoms with E-state index >= 15 is 0 Å². The number of nitrogens with two attached hydrogens (primary N) is 1. The van der Waals surface area contributed by atoms with E-state index < -0.39 is 0 Å². The molecule has 0 radical (unpaired) electrons. The van der Waals surface area contributed by atoms with Crippen molar-refractivity contribution in [2.75, 3.05) is 6.54 Å². The van der Waals surface area contributed by atoms with Crippen LogP contribution >= 0.6 is 11.3 Å². The average Bonchev–Trinajstić information content (AvgIpc) is 2.55. The topological polar surface area (TPSA) is 50.4 Å². The van der Waals surface area contributed by atoms with Crippen molar-refractivity contribution in [1.82, 2.24) is 5.32 Å². The number of guanidine groups is 1. The predicted octanol–water partition coefficient (Wildman–Crippen LogP) is 0.707. The Hall–Kier alpha value is -1.03. The smallest absolute Gasteiger partial charge is 0.189 e. The van der Waals surface area contributed by atoms with Crippen LogP contribution in [0.25, 0.3) is 0 Å². The Morgan fingerprint density at radius 2 is 2.64 bits per heavy atom. The fourth-order valence-corrected chi connectivity index (χ4v) is 1.84. The maximum absolute atomic E-state index is 5.47. The van der Waals surface area contributed by atoms with Gasteiger partial charge in [0.05, 0.1) is 12.6 Å². The summed E-state index contributed by atoms with van der Waals surface area (Å²) in [7, 11) is 0. The van der Waals surface area contributed by atoms with Gasteiger partial charge in [-0.05, 0) is 22.4 Å². The molecule has 0 bridgehead atoms. The predicted molar refractivity (Wildman–Crippen MR) is 46.7 cm³/mol. The van der Waals surface area contributed by atoms with E-state index in [4.69, 9.17) is 5.73 Å². The molecule has 0 fully saturated rings. The van der Waals surface area contributed by atoms with Crippen molar-refractivity contribution >= 4 is 17.3 Å². The number of hydrogen-bond donors (Lipinski definition) is 2. The van der Waals surface area contributed by atoms with Gasteiger partial charge in [-0.3, -0.25) is 4.99 Å². The van der Waals surface area contributed by atoms with E-state index in [1.807, 2.05) is 0 Å². The van der Waals surface area contributed by atoms with Crippen molar-refractivity contribution in [2.45, 2.75) is 6.04 Å². The normalized spacial score (nSPS) is 22.9. The standard InChI is InChI=1S/C7H9N3S/c8-7-9-3-6(10-7)5-1-2-11-4-5/h1-2,4,6H,3H2,(H3,8,9,10). The highest BCUT2D eigenvalue weighted by atomic mass is 32.1. The third kappa shape index (κ3) is 1.21. The summed E-state index contributed by atoms with van der Waals surface area (Å²) in [6, 6.07) is 2.40. The van der Waals surface area contributed by atoms with Crippen LogP contribution in [0.3, 0.4) is 0 Å². The highest BCUT2D eigenvalue weighted by molar-refractivity contribution is 7.07. The number of aliphatic imine (C=N–C) groups is 1. The van der Waals surface area contributed by atoms with Gasteiger partial charge in [-0.1, -0.05) is 0 Å².